The quantitative estimate of drug-likeness (QED) is 0.498. The molecule has 1 nitrogen and oxygen atoms in total. The van der Waals surface area contributed by atoms with Crippen molar-refractivity contribution < 1.29 is 4.74 Å². The summed E-state index contributed by atoms with van der Waals surface area (Å²) in [5.74, 6) is 0.934. The van der Waals surface area contributed by atoms with E-state index in [1.165, 1.54) is 14.7 Å². The van der Waals surface area contributed by atoms with Gasteiger partial charge in [0.2, 0.25) is 0 Å². The van der Waals surface area contributed by atoms with Gasteiger partial charge in [-0.15, -0.1) is 0 Å². The van der Waals surface area contributed by atoms with Gasteiger partial charge in [-0.3, -0.25) is 0 Å². The lowest BCUT2D eigenvalue weighted by atomic mass is 9.99. The highest BCUT2D eigenvalue weighted by Crippen LogP contribution is 2.32. The molecule has 0 heterocycles. The smallest absolute Gasteiger partial charge is 0.166 e. The number of rotatable bonds is 5. The highest BCUT2D eigenvalue weighted by atomic mass is 32.2. The van der Waals surface area contributed by atoms with Crippen LogP contribution in [0.5, 0.6) is 5.75 Å². The van der Waals surface area contributed by atoms with Crippen LogP contribution in [0.15, 0.2) is 99.6 Å². The van der Waals surface area contributed by atoms with Crippen molar-refractivity contribution in [3.05, 3.63) is 84.9 Å². The normalized spacial score (nSPS) is 11.5. The molecule has 0 saturated heterocycles. The van der Waals surface area contributed by atoms with Gasteiger partial charge >= 0.3 is 0 Å². The fourth-order valence-electron chi connectivity index (χ4n) is 2.49. The zero-order valence-corrected chi connectivity index (χ0v) is 15.9. The van der Waals surface area contributed by atoms with Crippen LogP contribution in [-0.2, 0) is 10.9 Å². The average Bonchev–Trinajstić information content (AvgIpc) is 2.62. The van der Waals surface area contributed by atoms with E-state index in [9.17, 15) is 0 Å². The van der Waals surface area contributed by atoms with Crippen LogP contribution in [-0.4, -0.2) is 6.61 Å². The SMILES string of the molecule is CC(C)(C)COc1ccc([S+](c2ccccc2)c2ccccc2)cc1. The van der Waals surface area contributed by atoms with E-state index in [4.69, 9.17) is 4.74 Å². The topological polar surface area (TPSA) is 9.23 Å². The molecule has 2 heteroatoms. The Bertz CT molecular complexity index is 734. The minimum atomic E-state index is -0.0995. The van der Waals surface area contributed by atoms with E-state index < -0.39 is 0 Å². The minimum absolute atomic E-state index is 0.0995. The van der Waals surface area contributed by atoms with E-state index in [0.29, 0.717) is 0 Å². The Hall–Kier alpha value is -2.19. The second-order valence-electron chi connectivity index (χ2n) is 7.25. The summed E-state index contributed by atoms with van der Waals surface area (Å²) in [6, 6.07) is 30.0. The highest BCUT2D eigenvalue weighted by molar-refractivity contribution is 7.97. The van der Waals surface area contributed by atoms with E-state index in [1.54, 1.807) is 0 Å². The van der Waals surface area contributed by atoms with Crippen molar-refractivity contribution in [2.75, 3.05) is 6.61 Å². The standard InChI is InChI=1S/C23H25OS/c1-23(2,3)18-24-19-14-16-22(17-15-19)25(20-10-6-4-7-11-20)21-12-8-5-9-13-21/h4-17H,18H2,1-3H3/q+1. The first-order valence-corrected chi connectivity index (χ1v) is 9.83. The van der Waals surface area contributed by atoms with Gasteiger partial charge in [0, 0.05) is 0 Å². The van der Waals surface area contributed by atoms with E-state index >= 15 is 0 Å². The molecule has 0 atom stereocenters. The van der Waals surface area contributed by atoms with Gasteiger partial charge in [0.05, 0.1) is 17.5 Å². The summed E-state index contributed by atoms with van der Waals surface area (Å²) in [7, 11) is -0.0995. The molecule has 3 aromatic rings. The van der Waals surface area contributed by atoms with Gasteiger partial charge in [0.25, 0.3) is 0 Å². The molecular formula is C23H25OS+. The van der Waals surface area contributed by atoms with Crippen molar-refractivity contribution in [2.24, 2.45) is 5.41 Å². The van der Waals surface area contributed by atoms with Crippen LogP contribution in [0.1, 0.15) is 20.8 Å². The Morgan fingerprint density at radius 3 is 1.52 bits per heavy atom. The zero-order chi connectivity index (χ0) is 17.7. The molecule has 25 heavy (non-hydrogen) atoms. The third kappa shape index (κ3) is 4.90. The highest BCUT2D eigenvalue weighted by Gasteiger charge is 2.28. The summed E-state index contributed by atoms with van der Waals surface area (Å²) in [5.41, 5.74) is 0.164. The summed E-state index contributed by atoms with van der Waals surface area (Å²) < 4.78 is 5.92. The predicted octanol–water partition coefficient (Wildman–Crippen LogP) is 6.21. The molecule has 0 N–H and O–H groups in total. The lowest BCUT2D eigenvalue weighted by Crippen LogP contribution is -2.16. The molecule has 3 aromatic carbocycles. The largest absolute Gasteiger partial charge is 0.493 e. The summed E-state index contributed by atoms with van der Waals surface area (Å²) in [6.07, 6.45) is 0. The molecule has 0 radical (unpaired) electrons. The molecule has 0 aliphatic carbocycles. The number of ether oxygens (including phenoxy) is 1. The molecule has 0 amide bonds. The molecule has 0 bridgehead atoms. The van der Waals surface area contributed by atoms with Gasteiger partial charge in [-0.2, -0.15) is 0 Å². The zero-order valence-electron chi connectivity index (χ0n) is 15.1. The number of hydrogen-bond donors (Lipinski definition) is 0. The Morgan fingerprint density at radius 2 is 1.08 bits per heavy atom. The van der Waals surface area contributed by atoms with Crippen molar-refractivity contribution in [1.82, 2.24) is 0 Å². The first-order chi connectivity index (χ1) is 12.0. The third-order valence-corrected chi connectivity index (χ3v) is 5.92. The molecular weight excluding hydrogens is 324 g/mol. The van der Waals surface area contributed by atoms with Gasteiger partial charge in [-0.05, 0) is 53.9 Å². The van der Waals surface area contributed by atoms with E-state index in [0.717, 1.165) is 12.4 Å². The maximum absolute atomic E-state index is 5.92. The maximum Gasteiger partial charge on any atom is 0.166 e. The van der Waals surface area contributed by atoms with Crippen molar-refractivity contribution in [3.8, 4) is 5.75 Å². The Kier molecular flexibility index (Phi) is 5.50. The van der Waals surface area contributed by atoms with Crippen molar-refractivity contribution in [2.45, 2.75) is 35.5 Å². The van der Waals surface area contributed by atoms with Gasteiger partial charge in [0.15, 0.2) is 14.7 Å². The van der Waals surface area contributed by atoms with Crippen LogP contribution in [0.2, 0.25) is 0 Å². The van der Waals surface area contributed by atoms with E-state index in [2.05, 4.69) is 106 Å². The van der Waals surface area contributed by atoms with Crippen LogP contribution >= 0.6 is 0 Å². The van der Waals surface area contributed by atoms with Crippen molar-refractivity contribution in [1.29, 1.82) is 0 Å². The summed E-state index contributed by atoms with van der Waals surface area (Å²) >= 11 is 0. The molecule has 0 aliphatic rings. The van der Waals surface area contributed by atoms with Crippen LogP contribution < -0.4 is 4.74 Å². The minimum Gasteiger partial charge on any atom is -0.493 e. The van der Waals surface area contributed by atoms with Crippen LogP contribution in [0.3, 0.4) is 0 Å². The van der Waals surface area contributed by atoms with Crippen molar-refractivity contribution in [3.63, 3.8) is 0 Å². The van der Waals surface area contributed by atoms with Gasteiger partial charge in [0.1, 0.15) is 5.75 Å². The Balaban J connectivity index is 1.89. The van der Waals surface area contributed by atoms with Gasteiger partial charge in [-0.1, -0.05) is 57.2 Å². The third-order valence-electron chi connectivity index (χ3n) is 3.69. The summed E-state index contributed by atoms with van der Waals surface area (Å²) in [6.45, 7) is 7.27. The molecule has 128 valence electrons. The fourth-order valence-corrected chi connectivity index (χ4v) is 4.58. The van der Waals surface area contributed by atoms with Crippen LogP contribution in [0.25, 0.3) is 0 Å². The van der Waals surface area contributed by atoms with Gasteiger partial charge < -0.3 is 4.74 Å². The molecule has 0 spiro atoms. The van der Waals surface area contributed by atoms with E-state index in [1.807, 2.05) is 0 Å². The van der Waals surface area contributed by atoms with Crippen LogP contribution in [0.4, 0.5) is 0 Å². The first kappa shape index (κ1) is 17.6. The van der Waals surface area contributed by atoms with Crippen LogP contribution in [0, 0.1) is 5.41 Å². The molecule has 0 saturated carbocycles. The first-order valence-electron chi connectivity index (χ1n) is 8.60. The maximum atomic E-state index is 5.92. The lowest BCUT2D eigenvalue weighted by molar-refractivity contribution is 0.198. The second-order valence-corrected chi connectivity index (χ2v) is 9.28. The average molecular weight is 350 g/mol. The van der Waals surface area contributed by atoms with E-state index in [-0.39, 0.29) is 16.3 Å². The molecule has 0 aromatic heterocycles. The monoisotopic (exact) mass is 349 g/mol. The second kappa shape index (κ2) is 7.79. The molecule has 0 unspecified atom stereocenters. The Labute approximate surface area is 154 Å². The molecule has 3 rings (SSSR count). The Morgan fingerprint density at radius 1 is 0.640 bits per heavy atom. The fraction of sp³-hybridized carbons (Fsp3) is 0.217. The summed E-state index contributed by atoms with van der Waals surface area (Å²) in [4.78, 5) is 3.97. The molecule has 0 fully saturated rings. The lowest BCUT2D eigenvalue weighted by Gasteiger charge is -2.18. The number of hydrogen-bond acceptors (Lipinski definition) is 1. The van der Waals surface area contributed by atoms with Gasteiger partial charge in [-0.25, -0.2) is 0 Å². The predicted molar refractivity (Wildman–Crippen MR) is 106 cm³/mol. The molecule has 0 aliphatic heterocycles. The number of benzene rings is 3. The van der Waals surface area contributed by atoms with Crippen molar-refractivity contribution >= 4 is 10.9 Å². The summed E-state index contributed by atoms with van der Waals surface area (Å²) in [5, 5.41) is 0.